The molecule has 2 aromatic rings. The Morgan fingerprint density at radius 3 is 2.52 bits per heavy atom. The van der Waals surface area contributed by atoms with Crippen LogP contribution in [0.25, 0.3) is 5.69 Å². The van der Waals surface area contributed by atoms with Gasteiger partial charge < -0.3 is 20.3 Å². The average Bonchev–Trinajstić information content (AvgIpc) is 3.13. The highest BCUT2D eigenvalue weighted by atomic mass is 16.6. The third kappa shape index (κ3) is 6.71. The molecule has 2 heterocycles. The van der Waals surface area contributed by atoms with Crippen molar-refractivity contribution in [2.45, 2.75) is 33.3 Å². The van der Waals surface area contributed by atoms with Crippen LogP contribution in [-0.4, -0.2) is 76.6 Å². The summed E-state index contributed by atoms with van der Waals surface area (Å²) in [6.45, 7) is 11.6. The molecule has 1 fully saturated rings. The largest absolute Gasteiger partial charge is 0.444 e. The van der Waals surface area contributed by atoms with Crippen LogP contribution in [0.3, 0.4) is 0 Å². The first-order valence-corrected chi connectivity index (χ1v) is 10.6. The summed E-state index contributed by atoms with van der Waals surface area (Å²) >= 11 is 0. The van der Waals surface area contributed by atoms with Crippen LogP contribution in [0.15, 0.2) is 36.5 Å². The Kier molecular flexibility index (Phi) is 7.17. The number of hydrogen-bond acceptors (Lipinski definition) is 5. The first-order valence-electron chi connectivity index (χ1n) is 10.6. The second-order valence-corrected chi connectivity index (χ2v) is 8.62. The zero-order chi connectivity index (χ0) is 22.4. The average molecular weight is 429 g/mol. The molecule has 1 aromatic heterocycles. The van der Waals surface area contributed by atoms with Crippen molar-refractivity contribution >= 4 is 17.8 Å². The van der Waals surface area contributed by atoms with Gasteiger partial charge in [-0.1, -0.05) is 6.07 Å². The topological polar surface area (TPSA) is 91.7 Å². The normalized spacial score (nSPS) is 14.9. The standard InChI is InChI=1S/C22H32N6O3/c1-17-8-9-24-28(17)19-7-5-6-18(16-19)25-20(29)23-10-11-26-12-14-27(15-13-26)21(30)31-22(2,3)4/h5-9,16H,10-15H2,1-4H3,(H2,23,25,29). The molecule has 168 valence electrons. The van der Waals surface area contributed by atoms with Crippen LogP contribution in [0.5, 0.6) is 0 Å². The van der Waals surface area contributed by atoms with E-state index in [9.17, 15) is 9.59 Å². The Bertz CT molecular complexity index is 897. The first-order chi connectivity index (χ1) is 14.7. The minimum atomic E-state index is -0.484. The Balaban J connectivity index is 1.39. The van der Waals surface area contributed by atoms with E-state index in [0.717, 1.165) is 31.0 Å². The van der Waals surface area contributed by atoms with Crippen LogP contribution in [0, 0.1) is 6.92 Å². The van der Waals surface area contributed by atoms with E-state index in [4.69, 9.17) is 4.74 Å². The van der Waals surface area contributed by atoms with E-state index in [1.165, 1.54) is 0 Å². The van der Waals surface area contributed by atoms with E-state index in [1.54, 1.807) is 11.1 Å². The summed E-state index contributed by atoms with van der Waals surface area (Å²) in [5.41, 5.74) is 2.13. The minimum absolute atomic E-state index is 0.248. The molecule has 1 aromatic carbocycles. The summed E-state index contributed by atoms with van der Waals surface area (Å²) in [6, 6.07) is 9.24. The lowest BCUT2D eigenvalue weighted by Gasteiger charge is -2.35. The van der Waals surface area contributed by atoms with Crippen molar-refractivity contribution in [2.75, 3.05) is 44.6 Å². The predicted molar refractivity (Wildman–Crippen MR) is 120 cm³/mol. The van der Waals surface area contributed by atoms with E-state index in [1.807, 2.05) is 62.7 Å². The summed E-state index contributed by atoms with van der Waals surface area (Å²) in [6.07, 6.45) is 1.48. The van der Waals surface area contributed by atoms with Gasteiger partial charge in [-0.2, -0.15) is 5.10 Å². The molecule has 1 aliphatic heterocycles. The van der Waals surface area contributed by atoms with Crippen LogP contribution < -0.4 is 10.6 Å². The quantitative estimate of drug-likeness (QED) is 0.764. The van der Waals surface area contributed by atoms with Crippen LogP contribution in [-0.2, 0) is 4.74 Å². The lowest BCUT2D eigenvalue weighted by molar-refractivity contribution is 0.0147. The summed E-state index contributed by atoms with van der Waals surface area (Å²) in [7, 11) is 0. The van der Waals surface area contributed by atoms with Crippen molar-refractivity contribution in [3.05, 3.63) is 42.2 Å². The number of urea groups is 1. The van der Waals surface area contributed by atoms with E-state index in [2.05, 4.69) is 20.6 Å². The number of anilines is 1. The molecule has 31 heavy (non-hydrogen) atoms. The number of ether oxygens (including phenoxy) is 1. The molecular formula is C22H32N6O3. The highest BCUT2D eigenvalue weighted by molar-refractivity contribution is 5.89. The van der Waals surface area contributed by atoms with Gasteiger partial charge in [0.05, 0.1) is 5.69 Å². The molecule has 0 atom stereocenters. The zero-order valence-electron chi connectivity index (χ0n) is 18.7. The van der Waals surface area contributed by atoms with E-state index < -0.39 is 5.60 Å². The maximum Gasteiger partial charge on any atom is 0.410 e. The molecule has 0 bridgehead atoms. The molecule has 0 saturated carbocycles. The van der Waals surface area contributed by atoms with Crippen LogP contribution in [0.1, 0.15) is 26.5 Å². The highest BCUT2D eigenvalue weighted by Crippen LogP contribution is 2.15. The molecular weight excluding hydrogens is 396 g/mol. The van der Waals surface area contributed by atoms with E-state index in [0.29, 0.717) is 25.3 Å². The smallest absolute Gasteiger partial charge is 0.410 e. The van der Waals surface area contributed by atoms with Gasteiger partial charge in [-0.05, 0) is 52.0 Å². The Labute approximate surface area is 183 Å². The van der Waals surface area contributed by atoms with E-state index >= 15 is 0 Å². The molecule has 1 aliphatic rings. The maximum absolute atomic E-state index is 12.3. The Hall–Kier alpha value is -3.07. The minimum Gasteiger partial charge on any atom is -0.444 e. The van der Waals surface area contributed by atoms with Crippen LogP contribution in [0.4, 0.5) is 15.3 Å². The summed E-state index contributed by atoms with van der Waals surface area (Å²) in [5.74, 6) is 0. The molecule has 9 nitrogen and oxygen atoms in total. The molecule has 3 rings (SSSR count). The number of rotatable bonds is 5. The SMILES string of the molecule is Cc1ccnn1-c1cccc(NC(=O)NCCN2CCN(C(=O)OC(C)(C)C)CC2)c1. The van der Waals surface area contributed by atoms with Crippen molar-refractivity contribution in [2.24, 2.45) is 0 Å². The third-order valence-corrected chi connectivity index (χ3v) is 4.92. The molecule has 0 radical (unpaired) electrons. The van der Waals surface area contributed by atoms with Crippen LogP contribution >= 0.6 is 0 Å². The van der Waals surface area contributed by atoms with Gasteiger partial charge in [0.1, 0.15) is 5.60 Å². The van der Waals surface area contributed by atoms with Gasteiger partial charge >= 0.3 is 12.1 Å². The van der Waals surface area contributed by atoms with E-state index in [-0.39, 0.29) is 12.1 Å². The molecule has 2 N–H and O–H groups in total. The number of carbonyl (C=O) groups excluding carboxylic acids is 2. The van der Waals surface area contributed by atoms with Gasteiger partial charge in [-0.3, -0.25) is 4.90 Å². The number of aryl methyl sites for hydroxylation is 1. The van der Waals surface area contributed by atoms with Crippen molar-refractivity contribution in [3.8, 4) is 5.69 Å². The fourth-order valence-electron chi connectivity index (χ4n) is 3.34. The Morgan fingerprint density at radius 1 is 1.13 bits per heavy atom. The third-order valence-electron chi connectivity index (χ3n) is 4.92. The highest BCUT2D eigenvalue weighted by Gasteiger charge is 2.25. The lowest BCUT2D eigenvalue weighted by atomic mass is 10.2. The Morgan fingerprint density at radius 2 is 1.87 bits per heavy atom. The molecule has 3 amide bonds. The molecule has 0 aliphatic carbocycles. The number of amides is 3. The molecule has 0 spiro atoms. The molecule has 1 saturated heterocycles. The number of benzene rings is 1. The summed E-state index contributed by atoms with van der Waals surface area (Å²) in [4.78, 5) is 28.3. The van der Waals surface area contributed by atoms with Crippen molar-refractivity contribution < 1.29 is 14.3 Å². The van der Waals surface area contributed by atoms with Gasteiger partial charge in [-0.15, -0.1) is 0 Å². The molecule has 0 unspecified atom stereocenters. The summed E-state index contributed by atoms with van der Waals surface area (Å²) in [5, 5.41) is 10.0. The van der Waals surface area contributed by atoms with Crippen LogP contribution in [0.2, 0.25) is 0 Å². The monoisotopic (exact) mass is 428 g/mol. The first kappa shape index (κ1) is 22.6. The number of nitrogens with zero attached hydrogens (tertiary/aromatic N) is 4. The fraction of sp³-hybridized carbons (Fsp3) is 0.500. The van der Waals surface area contributed by atoms with Crippen molar-refractivity contribution in [1.29, 1.82) is 0 Å². The predicted octanol–water partition coefficient (Wildman–Crippen LogP) is 2.85. The van der Waals surface area contributed by atoms with Gasteiger partial charge in [-0.25, -0.2) is 14.3 Å². The number of carbonyl (C=O) groups is 2. The zero-order valence-corrected chi connectivity index (χ0v) is 18.7. The number of nitrogens with one attached hydrogen (secondary N) is 2. The summed E-state index contributed by atoms with van der Waals surface area (Å²) < 4.78 is 7.24. The van der Waals surface area contributed by atoms with Gasteiger partial charge in [0.2, 0.25) is 0 Å². The van der Waals surface area contributed by atoms with Gasteiger partial charge in [0.15, 0.2) is 0 Å². The number of hydrogen-bond donors (Lipinski definition) is 2. The number of aromatic nitrogens is 2. The lowest BCUT2D eigenvalue weighted by Crippen LogP contribution is -2.51. The maximum atomic E-state index is 12.3. The second kappa shape index (κ2) is 9.82. The van der Waals surface area contributed by atoms with Crippen molar-refractivity contribution in [1.82, 2.24) is 24.9 Å². The number of piperazine rings is 1. The fourth-order valence-corrected chi connectivity index (χ4v) is 3.34. The van der Waals surface area contributed by atoms with Gasteiger partial charge in [0, 0.05) is 56.8 Å². The second-order valence-electron chi connectivity index (χ2n) is 8.62. The van der Waals surface area contributed by atoms with Crippen molar-refractivity contribution in [3.63, 3.8) is 0 Å². The van der Waals surface area contributed by atoms with Gasteiger partial charge in [0.25, 0.3) is 0 Å². The molecule has 9 heteroatoms.